The van der Waals surface area contributed by atoms with Gasteiger partial charge in [0.15, 0.2) is 5.11 Å². The average Bonchev–Trinajstić information content (AvgIpc) is 2.48. The van der Waals surface area contributed by atoms with E-state index in [1.165, 1.54) is 4.90 Å². The number of hydrogen-bond donors (Lipinski definition) is 0. The number of rotatable bonds is 1. The summed E-state index contributed by atoms with van der Waals surface area (Å²) < 4.78 is 0. The van der Waals surface area contributed by atoms with Crippen molar-refractivity contribution in [2.75, 3.05) is 14.1 Å². The summed E-state index contributed by atoms with van der Waals surface area (Å²) >= 11 is 5.11. The van der Waals surface area contributed by atoms with E-state index >= 15 is 0 Å². The number of thiocarbonyl (C=S) groups is 1. The number of pyridine rings is 1. The Bertz CT molecular complexity index is 469. The van der Waals surface area contributed by atoms with E-state index < -0.39 is 0 Å². The highest BCUT2D eigenvalue weighted by Gasteiger charge is 2.32. The normalized spacial score (nSPS) is 18.8. The Kier molecular flexibility index (Phi) is 2.70. The van der Waals surface area contributed by atoms with Crippen LogP contribution in [0.15, 0.2) is 30.2 Å². The van der Waals surface area contributed by atoms with E-state index in [0.29, 0.717) is 10.8 Å². The van der Waals surface area contributed by atoms with Crippen molar-refractivity contribution in [3.05, 3.63) is 35.8 Å². The minimum absolute atomic E-state index is 0.0867. The summed E-state index contributed by atoms with van der Waals surface area (Å²) in [5.74, 6) is -0.0867. The molecule has 0 atom stereocenters. The second-order valence-corrected chi connectivity index (χ2v) is 3.89. The molecule has 5 heteroatoms. The summed E-state index contributed by atoms with van der Waals surface area (Å²) in [5, 5.41) is 0.514. The number of hydrogen-bond acceptors (Lipinski definition) is 3. The summed E-state index contributed by atoms with van der Waals surface area (Å²) in [4.78, 5) is 19.0. The van der Waals surface area contributed by atoms with E-state index in [1.807, 2.05) is 12.1 Å². The number of carbonyl (C=O) groups is 1. The number of aromatic nitrogens is 1. The first-order chi connectivity index (χ1) is 7.61. The maximum Gasteiger partial charge on any atom is 0.276 e. The zero-order valence-electron chi connectivity index (χ0n) is 9.04. The predicted molar refractivity (Wildman–Crippen MR) is 65.3 cm³/mol. The third-order valence-electron chi connectivity index (χ3n) is 2.45. The molecule has 82 valence electrons. The van der Waals surface area contributed by atoms with Crippen LogP contribution >= 0.6 is 12.2 Å². The van der Waals surface area contributed by atoms with Crippen LogP contribution in [-0.4, -0.2) is 39.9 Å². The molecule has 1 aromatic heterocycles. The number of likely N-dealkylation sites (N-methyl/N-ethyl adjacent to an activating group) is 2. The fourth-order valence-corrected chi connectivity index (χ4v) is 1.69. The van der Waals surface area contributed by atoms with Crippen molar-refractivity contribution in [3.8, 4) is 0 Å². The van der Waals surface area contributed by atoms with Crippen molar-refractivity contribution >= 4 is 29.3 Å². The molecule has 1 aliphatic heterocycles. The highest BCUT2D eigenvalue weighted by atomic mass is 32.1. The third kappa shape index (κ3) is 1.69. The second-order valence-electron chi connectivity index (χ2n) is 3.52. The van der Waals surface area contributed by atoms with Gasteiger partial charge in [-0.25, -0.2) is 0 Å². The van der Waals surface area contributed by atoms with Crippen molar-refractivity contribution in [3.63, 3.8) is 0 Å². The summed E-state index contributed by atoms with van der Waals surface area (Å²) in [6, 6.07) is 3.72. The molecule has 0 aromatic carbocycles. The van der Waals surface area contributed by atoms with Crippen molar-refractivity contribution in [2.24, 2.45) is 0 Å². The molecule has 1 amide bonds. The third-order valence-corrected chi connectivity index (χ3v) is 2.99. The van der Waals surface area contributed by atoms with Gasteiger partial charge in [-0.2, -0.15) is 0 Å². The van der Waals surface area contributed by atoms with Crippen LogP contribution in [0.4, 0.5) is 0 Å². The fourth-order valence-electron chi connectivity index (χ4n) is 1.51. The highest BCUT2D eigenvalue weighted by Crippen LogP contribution is 2.19. The predicted octanol–water partition coefficient (Wildman–Crippen LogP) is 1.11. The Hall–Kier alpha value is -1.75. The van der Waals surface area contributed by atoms with Gasteiger partial charge in [-0.15, -0.1) is 0 Å². The van der Waals surface area contributed by atoms with E-state index in [9.17, 15) is 4.79 Å². The van der Waals surface area contributed by atoms with Gasteiger partial charge in [-0.1, -0.05) is 6.07 Å². The summed E-state index contributed by atoms with van der Waals surface area (Å²) in [7, 11) is 3.46. The van der Waals surface area contributed by atoms with Gasteiger partial charge in [-0.3, -0.25) is 14.7 Å². The topological polar surface area (TPSA) is 36.4 Å². The molecule has 1 aromatic rings. The first kappa shape index (κ1) is 10.8. The molecular weight excluding hydrogens is 222 g/mol. The highest BCUT2D eigenvalue weighted by molar-refractivity contribution is 7.80. The lowest BCUT2D eigenvalue weighted by Crippen LogP contribution is -2.26. The molecule has 1 aliphatic rings. The molecule has 2 rings (SSSR count). The van der Waals surface area contributed by atoms with Gasteiger partial charge in [0.05, 0.1) is 0 Å². The van der Waals surface area contributed by atoms with Crippen LogP contribution in [0.1, 0.15) is 5.56 Å². The Morgan fingerprint density at radius 2 is 2.12 bits per heavy atom. The van der Waals surface area contributed by atoms with E-state index in [2.05, 4.69) is 4.98 Å². The smallest absolute Gasteiger partial charge is 0.276 e. The maximum absolute atomic E-state index is 11.8. The summed E-state index contributed by atoms with van der Waals surface area (Å²) in [6.45, 7) is 0. The van der Waals surface area contributed by atoms with Crippen molar-refractivity contribution in [1.29, 1.82) is 0 Å². The maximum atomic E-state index is 11.8. The molecule has 2 heterocycles. The Morgan fingerprint density at radius 3 is 2.62 bits per heavy atom. The average molecular weight is 233 g/mol. The zero-order chi connectivity index (χ0) is 11.7. The van der Waals surface area contributed by atoms with E-state index in [1.54, 1.807) is 37.5 Å². The van der Waals surface area contributed by atoms with Crippen LogP contribution in [0.5, 0.6) is 0 Å². The molecular formula is C11H11N3OS. The molecule has 1 fully saturated rings. The lowest BCUT2D eigenvalue weighted by molar-refractivity contribution is -0.121. The van der Waals surface area contributed by atoms with Crippen LogP contribution < -0.4 is 0 Å². The van der Waals surface area contributed by atoms with Gasteiger partial charge in [0, 0.05) is 26.5 Å². The van der Waals surface area contributed by atoms with E-state index in [4.69, 9.17) is 12.2 Å². The number of nitrogens with zero attached hydrogens (tertiary/aromatic N) is 3. The van der Waals surface area contributed by atoms with Gasteiger partial charge < -0.3 is 4.90 Å². The molecule has 0 saturated carbocycles. The van der Waals surface area contributed by atoms with Crippen molar-refractivity contribution < 1.29 is 4.79 Å². The standard InChI is InChI=1S/C11H11N3OS/c1-13-9(10(15)14(2)11(13)16)6-8-4-3-5-12-7-8/h3-7H,1-2H3. The van der Waals surface area contributed by atoms with Gasteiger partial charge in [-0.05, 0) is 29.9 Å². The van der Waals surface area contributed by atoms with Gasteiger partial charge in [0.25, 0.3) is 5.91 Å². The molecule has 0 bridgehead atoms. The van der Waals surface area contributed by atoms with Gasteiger partial charge in [0.1, 0.15) is 5.70 Å². The van der Waals surface area contributed by atoms with Crippen LogP contribution in [0, 0.1) is 0 Å². The van der Waals surface area contributed by atoms with E-state index in [-0.39, 0.29) is 5.91 Å². The Balaban J connectivity index is 2.39. The monoisotopic (exact) mass is 233 g/mol. The zero-order valence-corrected chi connectivity index (χ0v) is 9.86. The Labute approximate surface area is 99.2 Å². The SMILES string of the molecule is CN1C(=O)C(=Cc2cccnc2)N(C)C1=S. The van der Waals surface area contributed by atoms with Crippen LogP contribution in [0.2, 0.25) is 0 Å². The summed E-state index contributed by atoms with van der Waals surface area (Å²) in [6.07, 6.45) is 5.18. The van der Waals surface area contributed by atoms with Crippen molar-refractivity contribution in [2.45, 2.75) is 0 Å². The fraction of sp³-hybridized carbons (Fsp3) is 0.182. The number of amides is 1. The Morgan fingerprint density at radius 1 is 1.38 bits per heavy atom. The van der Waals surface area contributed by atoms with Gasteiger partial charge >= 0.3 is 0 Å². The van der Waals surface area contributed by atoms with Crippen LogP contribution in [0.25, 0.3) is 6.08 Å². The van der Waals surface area contributed by atoms with E-state index in [0.717, 1.165) is 5.56 Å². The van der Waals surface area contributed by atoms with Crippen LogP contribution in [-0.2, 0) is 4.79 Å². The van der Waals surface area contributed by atoms with Gasteiger partial charge in [0.2, 0.25) is 0 Å². The lowest BCUT2D eigenvalue weighted by Gasteiger charge is -2.10. The first-order valence-corrected chi connectivity index (χ1v) is 5.19. The number of carbonyl (C=O) groups excluding carboxylic acids is 1. The van der Waals surface area contributed by atoms with Crippen molar-refractivity contribution in [1.82, 2.24) is 14.8 Å². The molecule has 0 radical (unpaired) electrons. The molecule has 0 unspecified atom stereocenters. The minimum atomic E-state index is -0.0867. The molecule has 4 nitrogen and oxygen atoms in total. The molecule has 0 spiro atoms. The second kappa shape index (κ2) is 4.02. The molecule has 0 N–H and O–H groups in total. The minimum Gasteiger partial charge on any atom is -0.317 e. The molecule has 0 aliphatic carbocycles. The summed E-state index contributed by atoms with van der Waals surface area (Å²) in [5.41, 5.74) is 1.45. The van der Waals surface area contributed by atoms with Crippen LogP contribution in [0.3, 0.4) is 0 Å². The first-order valence-electron chi connectivity index (χ1n) is 4.78. The molecule has 16 heavy (non-hydrogen) atoms. The quantitative estimate of drug-likeness (QED) is 0.538. The lowest BCUT2D eigenvalue weighted by atomic mass is 10.2. The molecule has 1 saturated heterocycles. The largest absolute Gasteiger partial charge is 0.317 e.